The molecule has 126 valence electrons. The number of amides is 2. The molecule has 0 radical (unpaired) electrons. The van der Waals surface area contributed by atoms with Crippen molar-refractivity contribution in [3.63, 3.8) is 0 Å². The van der Waals surface area contributed by atoms with E-state index in [0.29, 0.717) is 28.7 Å². The van der Waals surface area contributed by atoms with E-state index in [1.165, 1.54) is 20.4 Å². The van der Waals surface area contributed by atoms with Gasteiger partial charge in [-0.1, -0.05) is 0 Å². The van der Waals surface area contributed by atoms with Crippen molar-refractivity contribution in [3.05, 3.63) is 41.9 Å². The number of hydrazone groups is 1. The van der Waals surface area contributed by atoms with Crippen molar-refractivity contribution >= 4 is 23.7 Å². The Hall–Kier alpha value is -3.29. The standard InChI is InChI=1S/C16H17N3O5/c1-10-4-5-12(24-10)9-17-19-16(21)15(20)18-13-8-11(22-2)6-7-14(13)23-3/h4-9H,1-3H3,(H,18,20)(H,19,21)/b17-9+. The molecule has 0 aliphatic heterocycles. The van der Waals surface area contributed by atoms with Crippen LogP contribution in [0.1, 0.15) is 11.5 Å². The van der Waals surface area contributed by atoms with Gasteiger partial charge in [0.05, 0.1) is 26.1 Å². The van der Waals surface area contributed by atoms with Crippen LogP contribution >= 0.6 is 0 Å². The van der Waals surface area contributed by atoms with Gasteiger partial charge in [0.15, 0.2) is 0 Å². The van der Waals surface area contributed by atoms with Gasteiger partial charge in [-0.2, -0.15) is 5.10 Å². The molecule has 0 aliphatic carbocycles. The van der Waals surface area contributed by atoms with Crippen LogP contribution in [0.15, 0.2) is 39.9 Å². The maximum atomic E-state index is 11.9. The van der Waals surface area contributed by atoms with Gasteiger partial charge in [-0.25, -0.2) is 5.43 Å². The van der Waals surface area contributed by atoms with Gasteiger partial charge in [-0.15, -0.1) is 0 Å². The van der Waals surface area contributed by atoms with Gasteiger partial charge in [0, 0.05) is 6.07 Å². The molecule has 24 heavy (non-hydrogen) atoms. The Morgan fingerprint density at radius 3 is 2.54 bits per heavy atom. The predicted molar refractivity (Wildman–Crippen MR) is 87.4 cm³/mol. The van der Waals surface area contributed by atoms with Gasteiger partial charge < -0.3 is 19.2 Å². The topological polar surface area (TPSA) is 102 Å². The molecule has 0 saturated heterocycles. The summed E-state index contributed by atoms with van der Waals surface area (Å²) in [5, 5.41) is 6.09. The van der Waals surface area contributed by atoms with Crippen molar-refractivity contribution in [2.75, 3.05) is 19.5 Å². The molecule has 2 rings (SSSR count). The minimum absolute atomic E-state index is 0.308. The Kier molecular flexibility index (Phi) is 5.56. The number of ether oxygens (including phenoxy) is 2. The molecule has 2 N–H and O–H groups in total. The molecule has 8 nitrogen and oxygen atoms in total. The Morgan fingerprint density at radius 2 is 1.92 bits per heavy atom. The van der Waals surface area contributed by atoms with Crippen LogP contribution < -0.4 is 20.2 Å². The number of benzene rings is 1. The normalized spacial score (nSPS) is 10.5. The number of carbonyl (C=O) groups is 2. The molecule has 1 aromatic heterocycles. The number of aryl methyl sites for hydroxylation is 1. The van der Waals surface area contributed by atoms with Crippen LogP contribution in [0.25, 0.3) is 0 Å². The smallest absolute Gasteiger partial charge is 0.329 e. The number of hydrogen-bond acceptors (Lipinski definition) is 6. The molecular formula is C16H17N3O5. The van der Waals surface area contributed by atoms with Crippen molar-refractivity contribution in [1.29, 1.82) is 0 Å². The number of anilines is 1. The zero-order valence-electron chi connectivity index (χ0n) is 13.5. The SMILES string of the molecule is COc1ccc(OC)c(NC(=O)C(=O)N/N=C/c2ccc(C)o2)c1. The van der Waals surface area contributed by atoms with E-state index in [-0.39, 0.29) is 0 Å². The van der Waals surface area contributed by atoms with E-state index in [4.69, 9.17) is 13.9 Å². The summed E-state index contributed by atoms with van der Waals surface area (Å²) in [7, 11) is 2.94. The lowest BCUT2D eigenvalue weighted by Crippen LogP contribution is -2.32. The molecule has 0 aliphatic rings. The van der Waals surface area contributed by atoms with Crippen LogP contribution in [-0.4, -0.2) is 32.2 Å². The quantitative estimate of drug-likeness (QED) is 0.493. The van der Waals surface area contributed by atoms with Gasteiger partial charge >= 0.3 is 11.8 Å². The summed E-state index contributed by atoms with van der Waals surface area (Å²) >= 11 is 0. The third-order valence-corrected chi connectivity index (χ3v) is 2.98. The zero-order chi connectivity index (χ0) is 17.5. The molecule has 0 saturated carbocycles. The lowest BCUT2D eigenvalue weighted by atomic mass is 10.2. The van der Waals surface area contributed by atoms with E-state index in [1.54, 1.807) is 37.3 Å². The van der Waals surface area contributed by atoms with Crippen molar-refractivity contribution in [1.82, 2.24) is 5.43 Å². The van der Waals surface area contributed by atoms with Gasteiger partial charge in [0.25, 0.3) is 0 Å². The molecule has 1 heterocycles. The van der Waals surface area contributed by atoms with Crippen LogP contribution in [-0.2, 0) is 9.59 Å². The second-order valence-electron chi connectivity index (χ2n) is 4.67. The molecule has 2 aromatic rings. The highest BCUT2D eigenvalue weighted by Gasteiger charge is 2.16. The van der Waals surface area contributed by atoms with Gasteiger partial charge in [-0.3, -0.25) is 9.59 Å². The minimum Gasteiger partial charge on any atom is -0.497 e. The van der Waals surface area contributed by atoms with Crippen LogP contribution in [0, 0.1) is 6.92 Å². The maximum Gasteiger partial charge on any atom is 0.329 e. The summed E-state index contributed by atoms with van der Waals surface area (Å²) in [5.41, 5.74) is 2.42. The molecule has 0 unspecified atom stereocenters. The van der Waals surface area contributed by atoms with E-state index in [0.717, 1.165) is 0 Å². The number of hydrogen-bond donors (Lipinski definition) is 2. The number of nitrogens with one attached hydrogen (secondary N) is 2. The maximum absolute atomic E-state index is 11.9. The third kappa shape index (κ3) is 4.35. The number of nitrogens with zero attached hydrogens (tertiary/aromatic N) is 1. The van der Waals surface area contributed by atoms with Crippen molar-refractivity contribution < 1.29 is 23.5 Å². The van der Waals surface area contributed by atoms with Crippen LogP contribution in [0.4, 0.5) is 5.69 Å². The summed E-state index contributed by atoms with van der Waals surface area (Å²) in [6, 6.07) is 8.27. The monoisotopic (exact) mass is 331 g/mol. The number of furan rings is 1. The highest BCUT2D eigenvalue weighted by atomic mass is 16.5. The molecule has 8 heteroatoms. The summed E-state index contributed by atoms with van der Waals surface area (Å²) in [4.78, 5) is 23.7. The molecule has 2 amide bonds. The fraction of sp³-hybridized carbons (Fsp3) is 0.188. The third-order valence-electron chi connectivity index (χ3n) is 2.98. The number of rotatable bonds is 5. The van der Waals surface area contributed by atoms with Gasteiger partial charge in [-0.05, 0) is 31.2 Å². The first-order valence-electron chi connectivity index (χ1n) is 6.96. The molecule has 0 atom stereocenters. The number of methoxy groups -OCH3 is 2. The first-order chi connectivity index (χ1) is 11.5. The molecular weight excluding hydrogens is 314 g/mol. The average Bonchev–Trinajstić information content (AvgIpc) is 2.99. The van der Waals surface area contributed by atoms with Crippen LogP contribution in [0.3, 0.4) is 0 Å². The van der Waals surface area contributed by atoms with E-state index >= 15 is 0 Å². The highest BCUT2D eigenvalue weighted by molar-refractivity contribution is 6.39. The summed E-state index contributed by atoms with van der Waals surface area (Å²) in [5.74, 6) is 0.256. The Balaban J connectivity index is 1.98. The Labute approximate surface area is 138 Å². The summed E-state index contributed by atoms with van der Waals surface area (Å²) in [6.07, 6.45) is 1.30. The molecule has 0 fully saturated rings. The van der Waals surface area contributed by atoms with Crippen LogP contribution in [0.5, 0.6) is 11.5 Å². The van der Waals surface area contributed by atoms with Crippen molar-refractivity contribution in [2.45, 2.75) is 6.92 Å². The fourth-order valence-corrected chi connectivity index (χ4v) is 1.82. The summed E-state index contributed by atoms with van der Waals surface area (Å²) in [6.45, 7) is 1.78. The number of carbonyl (C=O) groups excluding carboxylic acids is 2. The van der Waals surface area contributed by atoms with Crippen LogP contribution in [0.2, 0.25) is 0 Å². The van der Waals surface area contributed by atoms with Crippen molar-refractivity contribution in [3.8, 4) is 11.5 Å². The van der Waals surface area contributed by atoms with Gasteiger partial charge in [0.2, 0.25) is 0 Å². The highest BCUT2D eigenvalue weighted by Crippen LogP contribution is 2.28. The zero-order valence-corrected chi connectivity index (χ0v) is 13.5. The first-order valence-corrected chi connectivity index (χ1v) is 6.96. The van der Waals surface area contributed by atoms with Gasteiger partial charge in [0.1, 0.15) is 23.0 Å². The molecule has 1 aromatic carbocycles. The minimum atomic E-state index is -0.931. The molecule has 0 spiro atoms. The Morgan fingerprint density at radius 1 is 1.12 bits per heavy atom. The van der Waals surface area contributed by atoms with E-state index in [2.05, 4.69) is 15.8 Å². The molecule has 0 bridgehead atoms. The second-order valence-corrected chi connectivity index (χ2v) is 4.67. The second kappa shape index (κ2) is 7.82. The van der Waals surface area contributed by atoms with E-state index < -0.39 is 11.8 Å². The fourth-order valence-electron chi connectivity index (χ4n) is 1.82. The average molecular weight is 331 g/mol. The Bertz CT molecular complexity index is 767. The first kappa shape index (κ1) is 17.1. The van der Waals surface area contributed by atoms with E-state index in [1.807, 2.05) is 0 Å². The summed E-state index contributed by atoms with van der Waals surface area (Å²) < 4.78 is 15.4. The lowest BCUT2D eigenvalue weighted by Gasteiger charge is -2.10. The van der Waals surface area contributed by atoms with Crippen molar-refractivity contribution in [2.24, 2.45) is 5.10 Å². The van der Waals surface area contributed by atoms with E-state index in [9.17, 15) is 9.59 Å². The lowest BCUT2D eigenvalue weighted by molar-refractivity contribution is -0.136. The largest absolute Gasteiger partial charge is 0.497 e. The predicted octanol–water partition coefficient (Wildman–Crippen LogP) is 1.69.